The molecule has 0 aliphatic heterocycles. The van der Waals surface area contributed by atoms with Crippen LogP contribution in [0.2, 0.25) is 0 Å². The smallest absolute Gasteiger partial charge is 0.120 e. The Bertz CT molecular complexity index is 491. The summed E-state index contributed by atoms with van der Waals surface area (Å²) in [5.74, 6) is 0.987. The van der Waals surface area contributed by atoms with Crippen molar-refractivity contribution in [2.45, 2.75) is 32.9 Å². The van der Waals surface area contributed by atoms with Gasteiger partial charge in [0.15, 0.2) is 0 Å². The predicted molar refractivity (Wildman–Crippen MR) is 87.2 cm³/mol. The molecule has 0 amide bonds. The largest absolute Gasteiger partial charge is 0.468 e. The van der Waals surface area contributed by atoms with Gasteiger partial charge in [-0.1, -0.05) is 44.2 Å². The normalized spacial score (nSPS) is 14.3. The van der Waals surface area contributed by atoms with Gasteiger partial charge in [0.05, 0.1) is 12.3 Å². The first kappa shape index (κ1) is 15.8. The maximum atomic E-state index is 5.47. The molecule has 0 fully saturated rings. The lowest BCUT2D eigenvalue weighted by molar-refractivity contribution is 0.207. The molecule has 21 heavy (non-hydrogen) atoms. The minimum Gasteiger partial charge on any atom is -0.468 e. The summed E-state index contributed by atoms with van der Waals surface area (Å²) in [6.45, 7) is 9.58. The molecule has 0 saturated carbocycles. The lowest BCUT2D eigenvalue weighted by Crippen LogP contribution is -2.36. The minimum atomic E-state index is 0.224. The van der Waals surface area contributed by atoms with Gasteiger partial charge in [-0.3, -0.25) is 4.90 Å². The van der Waals surface area contributed by atoms with Crippen LogP contribution in [0.5, 0.6) is 0 Å². The second kappa shape index (κ2) is 8.01. The molecule has 1 N–H and O–H groups in total. The Labute approximate surface area is 128 Å². The number of nitrogens with one attached hydrogen (secondary N) is 1. The molecule has 0 radical (unpaired) electrons. The van der Waals surface area contributed by atoms with Crippen molar-refractivity contribution in [2.75, 3.05) is 19.6 Å². The fourth-order valence-corrected chi connectivity index (χ4v) is 2.72. The van der Waals surface area contributed by atoms with E-state index >= 15 is 0 Å². The molecule has 1 aromatic carbocycles. The van der Waals surface area contributed by atoms with Crippen molar-refractivity contribution in [1.82, 2.24) is 10.2 Å². The summed E-state index contributed by atoms with van der Waals surface area (Å²) in [4.78, 5) is 2.48. The van der Waals surface area contributed by atoms with Crippen LogP contribution in [0.1, 0.15) is 44.2 Å². The van der Waals surface area contributed by atoms with E-state index < -0.39 is 0 Å². The molecule has 3 nitrogen and oxygen atoms in total. The van der Waals surface area contributed by atoms with E-state index in [0.717, 1.165) is 25.4 Å². The van der Waals surface area contributed by atoms with Crippen LogP contribution in [-0.4, -0.2) is 24.5 Å². The Balaban J connectivity index is 2.06. The van der Waals surface area contributed by atoms with Gasteiger partial charge in [0.25, 0.3) is 0 Å². The summed E-state index contributed by atoms with van der Waals surface area (Å²) in [7, 11) is 0. The summed E-state index contributed by atoms with van der Waals surface area (Å²) >= 11 is 0. The summed E-state index contributed by atoms with van der Waals surface area (Å²) in [5, 5.41) is 3.60. The lowest BCUT2D eigenvalue weighted by atomic mass is 10.0. The molecule has 0 aliphatic carbocycles. The van der Waals surface area contributed by atoms with E-state index in [4.69, 9.17) is 4.42 Å². The van der Waals surface area contributed by atoms with Crippen molar-refractivity contribution >= 4 is 0 Å². The SMILES string of the molecule is CCN(CC)C(CNC(C)c1ccco1)c1ccccc1. The van der Waals surface area contributed by atoms with Gasteiger partial charge < -0.3 is 9.73 Å². The van der Waals surface area contributed by atoms with Gasteiger partial charge in [-0.15, -0.1) is 0 Å². The first-order valence-electron chi connectivity index (χ1n) is 7.82. The number of rotatable bonds is 8. The van der Waals surface area contributed by atoms with Gasteiger partial charge in [0, 0.05) is 12.6 Å². The Kier molecular flexibility index (Phi) is 6.03. The highest BCUT2D eigenvalue weighted by Crippen LogP contribution is 2.21. The number of likely N-dealkylation sites (N-methyl/N-ethyl adjacent to an activating group) is 1. The van der Waals surface area contributed by atoms with E-state index in [0.29, 0.717) is 6.04 Å². The Morgan fingerprint density at radius 3 is 2.33 bits per heavy atom. The van der Waals surface area contributed by atoms with E-state index in [2.05, 4.69) is 61.3 Å². The van der Waals surface area contributed by atoms with Crippen molar-refractivity contribution < 1.29 is 4.42 Å². The van der Waals surface area contributed by atoms with E-state index in [1.54, 1.807) is 6.26 Å². The van der Waals surface area contributed by atoms with Gasteiger partial charge in [0.2, 0.25) is 0 Å². The molecule has 2 unspecified atom stereocenters. The molecule has 0 bridgehead atoms. The monoisotopic (exact) mass is 286 g/mol. The highest BCUT2D eigenvalue weighted by Gasteiger charge is 2.19. The van der Waals surface area contributed by atoms with Crippen LogP contribution in [-0.2, 0) is 0 Å². The van der Waals surface area contributed by atoms with Crippen LogP contribution in [0.25, 0.3) is 0 Å². The van der Waals surface area contributed by atoms with E-state index in [9.17, 15) is 0 Å². The quantitative estimate of drug-likeness (QED) is 0.794. The Morgan fingerprint density at radius 1 is 1.05 bits per heavy atom. The van der Waals surface area contributed by atoms with Crippen LogP contribution in [0, 0.1) is 0 Å². The number of hydrogen-bond acceptors (Lipinski definition) is 3. The molecule has 2 aromatic rings. The van der Waals surface area contributed by atoms with E-state index in [-0.39, 0.29) is 6.04 Å². The third kappa shape index (κ3) is 4.19. The minimum absolute atomic E-state index is 0.224. The van der Waals surface area contributed by atoms with Crippen molar-refractivity contribution in [3.05, 3.63) is 60.1 Å². The zero-order chi connectivity index (χ0) is 15.1. The third-order valence-corrected chi connectivity index (χ3v) is 4.02. The molecule has 3 heteroatoms. The second-order valence-corrected chi connectivity index (χ2v) is 5.29. The summed E-state index contributed by atoms with van der Waals surface area (Å²) in [6.07, 6.45) is 1.73. The third-order valence-electron chi connectivity index (χ3n) is 4.02. The number of benzene rings is 1. The average Bonchev–Trinajstić information content (AvgIpc) is 3.06. The molecule has 0 spiro atoms. The first-order chi connectivity index (χ1) is 10.3. The standard InChI is InChI=1S/C18H26N2O/c1-4-20(5-2)17(16-10-7-6-8-11-16)14-19-15(3)18-12-9-13-21-18/h6-13,15,17,19H,4-5,14H2,1-3H3. The molecule has 114 valence electrons. The van der Waals surface area contributed by atoms with Crippen LogP contribution in [0.3, 0.4) is 0 Å². The van der Waals surface area contributed by atoms with Crippen molar-refractivity contribution in [3.8, 4) is 0 Å². The van der Waals surface area contributed by atoms with Crippen molar-refractivity contribution in [2.24, 2.45) is 0 Å². The molecule has 1 aromatic heterocycles. The predicted octanol–water partition coefficient (Wildman–Crippen LogP) is 4.01. The second-order valence-electron chi connectivity index (χ2n) is 5.29. The molecular formula is C18H26N2O. The number of hydrogen-bond donors (Lipinski definition) is 1. The lowest BCUT2D eigenvalue weighted by Gasteiger charge is -2.31. The Hall–Kier alpha value is -1.58. The maximum absolute atomic E-state index is 5.47. The molecule has 0 saturated heterocycles. The fourth-order valence-electron chi connectivity index (χ4n) is 2.72. The van der Waals surface area contributed by atoms with Gasteiger partial charge in [-0.25, -0.2) is 0 Å². The summed E-state index contributed by atoms with van der Waals surface area (Å²) < 4.78 is 5.47. The van der Waals surface area contributed by atoms with Crippen molar-refractivity contribution in [1.29, 1.82) is 0 Å². The molecule has 2 rings (SSSR count). The molecule has 1 heterocycles. The molecular weight excluding hydrogens is 260 g/mol. The van der Waals surface area contributed by atoms with Gasteiger partial charge in [-0.05, 0) is 37.7 Å². The highest BCUT2D eigenvalue weighted by atomic mass is 16.3. The van der Waals surface area contributed by atoms with E-state index in [1.165, 1.54) is 5.56 Å². The van der Waals surface area contributed by atoms with Crippen LogP contribution in [0.4, 0.5) is 0 Å². The number of nitrogens with zero attached hydrogens (tertiary/aromatic N) is 1. The average molecular weight is 286 g/mol. The fraction of sp³-hybridized carbons (Fsp3) is 0.444. The molecule has 2 atom stereocenters. The summed E-state index contributed by atoms with van der Waals surface area (Å²) in [6, 6.07) is 15.3. The van der Waals surface area contributed by atoms with Crippen molar-refractivity contribution in [3.63, 3.8) is 0 Å². The van der Waals surface area contributed by atoms with Crippen LogP contribution in [0.15, 0.2) is 53.1 Å². The van der Waals surface area contributed by atoms with Crippen LogP contribution >= 0.6 is 0 Å². The zero-order valence-corrected chi connectivity index (χ0v) is 13.3. The highest BCUT2D eigenvalue weighted by molar-refractivity contribution is 5.19. The summed E-state index contributed by atoms with van der Waals surface area (Å²) in [5.41, 5.74) is 1.36. The zero-order valence-electron chi connectivity index (χ0n) is 13.3. The van der Waals surface area contributed by atoms with Gasteiger partial charge in [0.1, 0.15) is 5.76 Å². The number of furan rings is 1. The topological polar surface area (TPSA) is 28.4 Å². The van der Waals surface area contributed by atoms with E-state index in [1.807, 2.05) is 12.1 Å². The molecule has 0 aliphatic rings. The van der Waals surface area contributed by atoms with Gasteiger partial charge >= 0.3 is 0 Å². The Morgan fingerprint density at radius 2 is 1.76 bits per heavy atom. The first-order valence-corrected chi connectivity index (χ1v) is 7.82. The van der Waals surface area contributed by atoms with Crippen LogP contribution < -0.4 is 5.32 Å². The maximum Gasteiger partial charge on any atom is 0.120 e. The van der Waals surface area contributed by atoms with Gasteiger partial charge in [-0.2, -0.15) is 0 Å².